The number of benzene rings is 1. The van der Waals surface area contributed by atoms with Crippen LogP contribution in [0.25, 0.3) is 0 Å². The van der Waals surface area contributed by atoms with Crippen LogP contribution in [-0.4, -0.2) is 32.9 Å². The molecule has 0 atom stereocenters. The first-order valence-corrected chi connectivity index (χ1v) is 8.02. The minimum atomic E-state index is -0.799. The Balaban J connectivity index is 2.00. The molecule has 11 heteroatoms. The Morgan fingerprint density at radius 3 is 2.48 bits per heavy atom. The fourth-order valence-corrected chi connectivity index (χ4v) is 2.43. The third kappa shape index (κ3) is 5.00. The highest BCUT2D eigenvalue weighted by Crippen LogP contribution is 2.31. The molecule has 0 unspecified atom stereocenters. The Labute approximate surface area is 154 Å². The van der Waals surface area contributed by atoms with Gasteiger partial charge in [-0.25, -0.2) is 14.3 Å². The van der Waals surface area contributed by atoms with Crippen LogP contribution in [0.1, 0.15) is 30.9 Å². The molecule has 27 heavy (non-hydrogen) atoms. The molecule has 2 rings (SSSR count). The van der Waals surface area contributed by atoms with Gasteiger partial charge in [-0.3, -0.25) is 20.2 Å². The lowest BCUT2D eigenvalue weighted by Gasteiger charge is -2.27. The fraction of sp³-hybridized carbons (Fsp3) is 0.375. The Hall–Kier alpha value is -3.50. The summed E-state index contributed by atoms with van der Waals surface area (Å²) in [5.41, 5.74) is -1.38. The maximum atomic E-state index is 12.0. The predicted octanol–water partition coefficient (Wildman–Crippen LogP) is 2.09. The van der Waals surface area contributed by atoms with Gasteiger partial charge in [-0.05, 0) is 19.9 Å². The lowest BCUT2D eigenvalue weighted by atomic mass is 10.0. The highest BCUT2D eigenvalue weighted by Gasteiger charge is 2.27. The van der Waals surface area contributed by atoms with Crippen LogP contribution in [0.5, 0.6) is 0 Å². The summed E-state index contributed by atoms with van der Waals surface area (Å²) in [5, 5.41) is 25.0. The highest BCUT2D eigenvalue weighted by atomic mass is 16.6. The van der Waals surface area contributed by atoms with E-state index in [9.17, 15) is 25.0 Å². The number of carbonyl (C=O) groups excluding carboxylic acids is 1. The van der Waals surface area contributed by atoms with Gasteiger partial charge in [0, 0.05) is 29.8 Å². The largest absolute Gasteiger partial charge is 0.456 e. The van der Waals surface area contributed by atoms with E-state index in [1.54, 1.807) is 24.0 Å². The van der Waals surface area contributed by atoms with Gasteiger partial charge in [0.15, 0.2) is 0 Å². The van der Waals surface area contributed by atoms with Crippen LogP contribution >= 0.6 is 0 Å². The molecule has 1 heterocycles. The molecule has 0 aliphatic rings. The molecule has 0 fully saturated rings. The Bertz CT molecular complexity index is 876. The van der Waals surface area contributed by atoms with Crippen LogP contribution in [0.15, 0.2) is 30.6 Å². The van der Waals surface area contributed by atoms with E-state index >= 15 is 0 Å². The summed E-state index contributed by atoms with van der Waals surface area (Å²) >= 11 is 0. The fourth-order valence-electron chi connectivity index (χ4n) is 2.43. The average molecular weight is 378 g/mol. The van der Waals surface area contributed by atoms with Gasteiger partial charge in [0.25, 0.3) is 0 Å². The number of hydrogen-bond donors (Lipinski definition) is 2. The predicted molar refractivity (Wildman–Crippen MR) is 94.3 cm³/mol. The molecule has 0 amide bonds. The lowest BCUT2D eigenvalue weighted by Crippen LogP contribution is -2.36. The number of ether oxygens (including phenoxy) is 1. The second-order valence-electron chi connectivity index (χ2n) is 6.53. The van der Waals surface area contributed by atoms with E-state index in [0.29, 0.717) is 17.9 Å². The van der Waals surface area contributed by atoms with Crippen LogP contribution in [-0.2, 0) is 11.8 Å². The van der Waals surface area contributed by atoms with E-state index in [0.717, 1.165) is 12.1 Å². The number of nitro groups is 2. The first-order chi connectivity index (χ1) is 12.6. The zero-order valence-electron chi connectivity index (χ0n) is 15.1. The van der Waals surface area contributed by atoms with Crippen molar-refractivity contribution < 1.29 is 23.9 Å². The number of nitrogens with zero attached hydrogens (tertiary/aromatic N) is 3. The summed E-state index contributed by atoms with van der Waals surface area (Å²) in [7, 11) is 1.71. The molecule has 0 spiro atoms. The number of carbonyl (C=O) groups is 1. The van der Waals surface area contributed by atoms with Crippen molar-refractivity contribution in [1.29, 1.82) is 0 Å². The van der Waals surface area contributed by atoms with Crippen molar-refractivity contribution in [2.45, 2.75) is 25.8 Å². The lowest BCUT2D eigenvalue weighted by molar-refractivity contribution is -0.672. The van der Waals surface area contributed by atoms with Crippen molar-refractivity contribution in [3.8, 4) is 0 Å². The number of imidazole rings is 1. The third-order valence-electron chi connectivity index (χ3n) is 3.88. The van der Waals surface area contributed by atoms with Crippen LogP contribution in [0.3, 0.4) is 0 Å². The number of H-pyrrole nitrogens is 1. The second kappa shape index (κ2) is 7.81. The monoisotopic (exact) mass is 378 g/mol. The van der Waals surface area contributed by atoms with Crippen molar-refractivity contribution in [1.82, 2.24) is 4.98 Å². The van der Waals surface area contributed by atoms with Gasteiger partial charge < -0.3 is 10.1 Å². The van der Waals surface area contributed by atoms with Gasteiger partial charge in [0.05, 0.1) is 23.5 Å². The number of aryl methyl sites for hydroxylation is 1. The van der Waals surface area contributed by atoms with E-state index in [1.807, 2.05) is 13.8 Å². The third-order valence-corrected chi connectivity index (χ3v) is 3.88. The molecule has 0 aliphatic carbocycles. The van der Waals surface area contributed by atoms with Crippen molar-refractivity contribution in [3.63, 3.8) is 0 Å². The first kappa shape index (κ1) is 19.8. The zero-order chi connectivity index (χ0) is 20.2. The van der Waals surface area contributed by atoms with Crippen LogP contribution in [0.2, 0.25) is 0 Å². The minimum Gasteiger partial charge on any atom is -0.456 e. The van der Waals surface area contributed by atoms with Crippen molar-refractivity contribution in [3.05, 3.63) is 56.6 Å². The zero-order valence-corrected chi connectivity index (χ0v) is 15.1. The molecular weight excluding hydrogens is 358 g/mol. The van der Waals surface area contributed by atoms with Crippen LogP contribution in [0.4, 0.5) is 17.1 Å². The summed E-state index contributed by atoms with van der Waals surface area (Å²) in [6, 6.07) is 3.60. The molecule has 1 aromatic heterocycles. The van der Waals surface area contributed by atoms with E-state index in [-0.39, 0.29) is 6.61 Å². The number of esters is 1. The quantitative estimate of drug-likeness (QED) is 0.310. The number of rotatable bonds is 8. The van der Waals surface area contributed by atoms with Gasteiger partial charge in [-0.2, -0.15) is 0 Å². The maximum absolute atomic E-state index is 12.0. The molecule has 144 valence electrons. The van der Waals surface area contributed by atoms with Gasteiger partial charge in [-0.1, -0.05) is 0 Å². The minimum absolute atomic E-state index is 0.118. The summed E-state index contributed by atoms with van der Waals surface area (Å²) in [4.78, 5) is 35.1. The Kier molecular flexibility index (Phi) is 5.73. The van der Waals surface area contributed by atoms with Gasteiger partial charge in [0.2, 0.25) is 0 Å². The number of hydrogen-bond acceptors (Lipinski definition) is 7. The molecule has 2 N–H and O–H groups in total. The molecule has 1 aromatic carbocycles. The van der Waals surface area contributed by atoms with Crippen molar-refractivity contribution in [2.24, 2.45) is 7.05 Å². The molecule has 11 nitrogen and oxygen atoms in total. The van der Waals surface area contributed by atoms with E-state index in [4.69, 9.17) is 4.74 Å². The van der Waals surface area contributed by atoms with Gasteiger partial charge in [-0.15, -0.1) is 0 Å². The molecule has 2 aromatic rings. The Morgan fingerprint density at radius 1 is 1.26 bits per heavy atom. The molecular formula is C16H20N5O6+. The Morgan fingerprint density at radius 2 is 1.93 bits per heavy atom. The van der Waals surface area contributed by atoms with E-state index in [1.165, 1.54) is 6.07 Å². The van der Waals surface area contributed by atoms with Gasteiger partial charge >= 0.3 is 23.2 Å². The highest BCUT2D eigenvalue weighted by molar-refractivity contribution is 5.83. The van der Waals surface area contributed by atoms with Gasteiger partial charge in [0.1, 0.15) is 12.4 Å². The molecule has 0 saturated carbocycles. The maximum Gasteiger partial charge on any atom is 0.421 e. The summed E-state index contributed by atoms with van der Waals surface area (Å²) in [5.74, 6) is -0.184. The first-order valence-electron chi connectivity index (χ1n) is 8.02. The number of aromatic nitrogens is 2. The van der Waals surface area contributed by atoms with Crippen LogP contribution in [0, 0.1) is 20.2 Å². The second-order valence-corrected chi connectivity index (χ2v) is 6.53. The SMILES string of the molecule is C[n+]1cc[nH]c1C(=O)OCCC(C)(C)Nc1ccc([N+](=O)[O-])c([N+](=O)[O-])c1. The van der Waals surface area contributed by atoms with Crippen molar-refractivity contribution in [2.75, 3.05) is 11.9 Å². The summed E-state index contributed by atoms with van der Waals surface area (Å²) in [6.45, 7) is 3.76. The topological polar surface area (TPSA) is 144 Å². The molecule has 0 bridgehead atoms. The summed E-state index contributed by atoms with van der Waals surface area (Å²) in [6.07, 6.45) is 3.71. The normalized spacial score (nSPS) is 11.1. The molecule has 0 radical (unpaired) electrons. The number of aromatic amines is 1. The summed E-state index contributed by atoms with van der Waals surface area (Å²) < 4.78 is 6.82. The number of nitrogens with one attached hydrogen (secondary N) is 2. The van der Waals surface area contributed by atoms with E-state index in [2.05, 4.69) is 10.3 Å². The molecule has 0 aliphatic heterocycles. The van der Waals surface area contributed by atoms with Crippen molar-refractivity contribution >= 4 is 23.0 Å². The van der Waals surface area contributed by atoms with Crippen LogP contribution < -0.4 is 9.88 Å². The average Bonchev–Trinajstić information content (AvgIpc) is 3.00. The number of anilines is 1. The number of nitro benzene ring substituents is 2. The smallest absolute Gasteiger partial charge is 0.421 e. The van der Waals surface area contributed by atoms with E-state index < -0.39 is 32.7 Å². The molecule has 0 saturated heterocycles. The standard InChI is InChI=1S/C16H19N5O6/c1-16(2,6-9-27-15(22)14-17-7-8-19(14)3)18-11-4-5-12(20(23)24)13(10-11)21(25)26/h4-5,7-8,10,18H,6,9H2,1-3H3/p+1.